The minimum Gasteiger partial charge on any atom is -0.452 e. The number of halogens is 1. The molecule has 2 aromatic rings. The van der Waals surface area contributed by atoms with Gasteiger partial charge in [-0.15, -0.1) is 0 Å². The van der Waals surface area contributed by atoms with E-state index in [-0.39, 0.29) is 17.1 Å². The van der Waals surface area contributed by atoms with E-state index in [1.165, 1.54) is 24.5 Å². The topological polar surface area (TPSA) is 87.0 Å². The van der Waals surface area contributed by atoms with Crippen molar-refractivity contribution >= 4 is 11.4 Å². The van der Waals surface area contributed by atoms with E-state index in [1.54, 1.807) is 6.07 Å². The summed E-state index contributed by atoms with van der Waals surface area (Å²) in [6, 6.07) is 4.43. The van der Waals surface area contributed by atoms with Crippen LogP contribution < -0.4 is 16.2 Å². The Balaban J connectivity index is 2.33. The van der Waals surface area contributed by atoms with Gasteiger partial charge in [0.1, 0.15) is 5.75 Å². The quantitative estimate of drug-likeness (QED) is 0.750. The highest BCUT2D eigenvalue weighted by atomic mass is 19.1. The number of nitrogen functional groups attached to an aromatic ring is 2. The van der Waals surface area contributed by atoms with Crippen LogP contribution in [0.25, 0.3) is 0 Å². The van der Waals surface area contributed by atoms with E-state index >= 15 is 0 Å². The molecule has 0 saturated heterocycles. The summed E-state index contributed by atoms with van der Waals surface area (Å²) in [7, 11) is 0. The zero-order valence-corrected chi connectivity index (χ0v) is 8.22. The van der Waals surface area contributed by atoms with Crippen LogP contribution in [-0.2, 0) is 0 Å². The number of nitrogens with zero attached hydrogens (tertiary/aromatic N) is 2. The summed E-state index contributed by atoms with van der Waals surface area (Å²) in [6.07, 6.45) is 2.81. The van der Waals surface area contributed by atoms with Crippen LogP contribution in [0.2, 0.25) is 0 Å². The normalized spacial score (nSPS) is 10.1. The predicted molar refractivity (Wildman–Crippen MR) is 57.3 cm³/mol. The molecule has 0 spiro atoms. The number of nitrogens with two attached hydrogens (primary N) is 2. The Bertz CT molecular complexity index is 504. The first kappa shape index (κ1) is 10.2. The lowest BCUT2D eigenvalue weighted by atomic mass is 10.2. The number of hydrogen-bond donors (Lipinski definition) is 2. The fourth-order valence-corrected chi connectivity index (χ4v) is 1.13. The van der Waals surface area contributed by atoms with Crippen molar-refractivity contribution in [3.8, 4) is 11.5 Å². The van der Waals surface area contributed by atoms with Crippen molar-refractivity contribution in [2.45, 2.75) is 0 Å². The maximum atomic E-state index is 13.6. The first-order valence-corrected chi connectivity index (χ1v) is 4.46. The van der Waals surface area contributed by atoms with Crippen LogP contribution in [0.4, 0.5) is 15.8 Å². The van der Waals surface area contributed by atoms with E-state index < -0.39 is 5.82 Å². The van der Waals surface area contributed by atoms with E-state index in [4.69, 9.17) is 16.2 Å². The molecule has 0 fully saturated rings. The van der Waals surface area contributed by atoms with Crippen molar-refractivity contribution in [2.75, 3.05) is 11.5 Å². The largest absolute Gasteiger partial charge is 0.452 e. The maximum Gasteiger partial charge on any atom is 0.190 e. The third-order valence-corrected chi connectivity index (χ3v) is 1.96. The Kier molecular flexibility index (Phi) is 2.55. The van der Waals surface area contributed by atoms with E-state index in [2.05, 4.69) is 10.2 Å². The first-order valence-electron chi connectivity index (χ1n) is 4.46. The van der Waals surface area contributed by atoms with Crippen molar-refractivity contribution < 1.29 is 9.13 Å². The summed E-state index contributed by atoms with van der Waals surface area (Å²) in [5.41, 5.74) is 10.9. The smallest absolute Gasteiger partial charge is 0.190 e. The van der Waals surface area contributed by atoms with E-state index in [9.17, 15) is 4.39 Å². The molecule has 6 heteroatoms. The summed E-state index contributed by atoms with van der Waals surface area (Å²) in [6.45, 7) is 0. The second-order valence-electron chi connectivity index (χ2n) is 3.06. The molecule has 0 aliphatic carbocycles. The third-order valence-electron chi connectivity index (χ3n) is 1.96. The molecule has 0 saturated carbocycles. The van der Waals surface area contributed by atoms with Gasteiger partial charge in [0.25, 0.3) is 0 Å². The molecule has 2 rings (SSSR count). The van der Waals surface area contributed by atoms with Gasteiger partial charge >= 0.3 is 0 Å². The van der Waals surface area contributed by atoms with Crippen molar-refractivity contribution in [1.82, 2.24) is 10.2 Å². The SMILES string of the molecule is Nc1ccc(Oc2ccnnc2)c(F)c1N. The third kappa shape index (κ3) is 1.85. The van der Waals surface area contributed by atoms with Crippen molar-refractivity contribution in [1.29, 1.82) is 0 Å². The molecule has 16 heavy (non-hydrogen) atoms. The van der Waals surface area contributed by atoms with Gasteiger partial charge in [0.15, 0.2) is 11.6 Å². The highest BCUT2D eigenvalue weighted by Gasteiger charge is 2.10. The molecular weight excluding hydrogens is 211 g/mol. The Morgan fingerprint density at radius 1 is 1.12 bits per heavy atom. The second kappa shape index (κ2) is 4.01. The number of benzene rings is 1. The van der Waals surface area contributed by atoms with Gasteiger partial charge in [0.05, 0.1) is 23.8 Å². The van der Waals surface area contributed by atoms with E-state index in [0.29, 0.717) is 5.75 Å². The highest BCUT2D eigenvalue weighted by molar-refractivity contribution is 5.66. The van der Waals surface area contributed by atoms with Crippen LogP contribution in [-0.4, -0.2) is 10.2 Å². The summed E-state index contributed by atoms with van der Waals surface area (Å²) in [5.74, 6) is -0.311. The van der Waals surface area contributed by atoms with E-state index in [1.807, 2.05) is 0 Å². The average Bonchev–Trinajstić information content (AvgIpc) is 2.31. The van der Waals surface area contributed by atoms with Crippen molar-refractivity contribution in [3.05, 3.63) is 36.4 Å². The molecule has 4 N–H and O–H groups in total. The standard InChI is InChI=1S/C10H9FN4O/c11-9-8(2-1-7(12)10(9)13)16-6-3-4-14-15-5-6/h1-5H,12-13H2. The molecular formula is C10H9FN4O. The number of rotatable bonds is 2. The number of aromatic nitrogens is 2. The van der Waals surface area contributed by atoms with Gasteiger partial charge in [-0.2, -0.15) is 10.2 Å². The number of anilines is 2. The van der Waals surface area contributed by atoms with Gasteiger partial charge in [-0.3, -0.25) is 0 Å². The number of ether oxygens (including phenoxy) is 1. The minimum atomic E-state index is -0.684. The molecule has 0 amide bonds. The Hall–Kier alpha value is -2.37. The molecule has 0 unspecified atom stereocenters. The molecule has 82 valence electrons. The lowest BCUT2D eigenvalue weighted by Crippen LogP contribution is -2.00. The molecule has 5 nitrogen and oxygen atoms in total. The molecule has 0 aliphatic heterocycles. The fraction of sp³-hybridized carbons (Fsp3) is 0. The Morgan fingerprint density at radius 3 is 2.62 bits per heavy atom. The summed E-state index contributed by atoms with van der Waals surface area (Å²) in [4.78, 5) is 0. The van der Waals surface area contributed by atoms with Crippen molar-refractivity contribution in [3.63, 3.8) is 0 Å². The zero-order chi connectivity index (χ0) is 11.5. The lowest BCUT2D eigenvalue weighted by Gasteiger charge is -2.08. The summed E-state index contributed by atoms with van der Waals surface area (Å²) in [5, 5.41) is 7.17. The molecule has 0 aliphatic rings. The minimum absolute atomic E-state index is 0.000278. The molecule has 1 aromatic heterocycles. The Morgan fingerprint density at radius 2 is 1.94 bits per heavy atom. The summed E-state index contributed by atoms with van der Waals surface area (Å²) < 4.78 is 18.8. The van der Waals surface area contributed by atoms with Gasteiger partial charge in [-0.25, -0.2) is 4.39 Å². The Labute approximate surface area is 90.9 Å². The first-order chi connectivity index (χ1) is 7.68. The van der Waals surface area contributed by atoms with Gasteiger partial charge in [0, 0.05) is 6.07 Å². The van der Waals surface area contributed by atoms with Crippen LogP contribution in [0.5, 0.6) is 11.5 Å². The number of hydrogen-bond acceptors (Lipinski definition) is 5. The zero-order valence-electron chi connectivity index (χ0n) is 8.22. The molecule has 1 heterocycles. The van der Waals surface area contributed by atoms with Gasteiger partial charge in [-0.05, 0) is 12.1 Å². The van der Waals surface area contributed by atoms with Crippen LogP contribution in [0.15, 0.2) is 30.6 Å². The molecule has 0 atom stereocenters. The summed E-state index contributed by atoms with van der Waals surface area (Å²) >= 11 is 0. The van der Waals surface area contributed by atoms with Gasteiger partial charge < -0.3 is 16.2 Å². The highest BCUT2D eigenvalue weighted by Crippen LogP contribution is 2.30. The second-order valence-corrected chi connectivity index (χ2v) is 3.06. The average molecular weight is 220 g/mol. The van der Waals surface area contributed by atoms with Crippen LogP contribution in [0, 0.1) is 5.82 Å². The van der Waals surface area contributed by atoms with Gasteiger partial charge in [-0.1, -0.05) is 0 Å². The van der Waals surface area contributed by atoms with Gasteiger partial charge in [0.2, 0.25) is 0 Å². The monoisotopic (exact) mass is 220 g/mol. The van der Waals surface area contributed by atoms with E-state index in [0.717, 1.165) is 0 Å². The fourth-order valence-electron chi connectivity index (χ4n) is 1.13. The van der Waals surface area contributed by atoms with Crippen molar-refractivity contribution in [2.24, 2.45) is 0 Å². The predicted octanol–water partition coefficient (Wildman–Crippen LogP) is 1.57. The maximum absolute atomic E-state index is 13.6. The molecule has 0 radical (unpaired) electrons. The molecule has 1 aromatic carbocycles. The molecule has 0 bridgehead atoms. The lowest BCUT2D eigenvalue weighted by molar-refractivity contribution is 0.441. The van der Waals surface area contributed by atoms with Crippen LogP contribution in [0.1, 0.15) is 0 Å². The van der Waals surface area contributed by atoms with Crippen LogP contribution >= 0.6 is 0 Å². The van der Waals surface area contributed by atoms with Crippen LogP contribution in [0.3, 0.4) is 0 Å².